The summed E-state index contributed by atoms with van der Waals surface area (Å²) in [6.45, 7) is 6.80. The van der Waals surface area contributed by atoms with Crippen molar-refractivity contribution in [3.8, 4) is 0 Å². The Morgan fingerprint density at radius 1 is 1.00 bits per heavy atom. The number of carbonyl (C=O) groups is 4. The number of hydrogen-bond acceptors (Lipinski definition) is 14. The molecule has 2 aromatic rings. The molecule has 40 heavy (non-hydrogen) atoms. The number of carbonyl (C=O) groups excluding carboxylic acids is 4. The summed E-state index contributed by atoms with van der Waals surface area (Å²) in [5.74, 6) is 0.115. The summed E-state index contributed by atoms with van der Waals surface area (Å²) in [7, 11) is 3.39. The second-order valence-electron chi connectivity index (χ2n) is 9.94. The van der Waals surface area contributed by atoms with Crippen LogP contribution in [0, 0.1) is 5.41 Å². The maximum atomic E-state index is 12.3. The van der Waals surface area contributed by atoms with E-state index >= 15 is 0 Å². The molecule has 0 unspecified atom stereocenters. The third kappa shape index (κ3) is 6.80. The first-order valence-corrected chi connectivity index (χ1v) is 12.0. The lowest BCUT2D eigenvalue weighted by Gasteiger charge is -2.30. The highest BCUT2D eigenvalue weighted by atomic mass is 16.8. The van der Waals surface area contributed by atoms with Crippen molar-refractivity contribution in [2.45, 2.75) is 51.6 Å². The van der Waals surface area contributed by atoms with Gasteiger partial charge in [-0.1, -0.05) is 20.8 Å². The summed E-state index contributed by atoms with van der Waals surface area (Å²) in [6, 6.07) is 3.16. The van der Waals surface area contributed by atoms with Gasteiger partial charge in [0.1, 0.15) is 30.2 Å². The molecule has 0 aromatic carbocycles. The molecule has 16 heteroatoms. The fraction of sp³-hybridized carbons (Fsp3) is 0.583. The number of nitrogens with zero attached hydrogens (tertiary/aromatic N) is 3. The van der Waals surface area contributed by atoms with Crippen LogP contribution in [0.1, 0.15) is 33.4 Å². The molecule has 220 valence electrons. The number of methoxy groups -OCH3 is 3. The standard InChI is InChI=1S/C24H32N4O12/c1-23(2,3)11-37-22(32)36-10-14-16(38-20(30)34-6)17(39-21(31)35-7)24(4,40-14)15-9-8-13-18(27-19(29)33-5)25-12-26-28(13)15/h8-9,12,14,16-17H,10-11H2,1-7H3,(H,25,26,27,29)/t14-,16-,17-,24+/m1/s1. The number of ether oxygens (including phenoxy) is 8. The van der Waals surface area contributed by atoms with Gasteiger partial charge in [0, 0.05) is 0 Å². The van der Waals surface area contributed by atoms with E-state index in [-0.39, 0.29) is 17.8 Å². The zero-order valence-electron chi connectivity index (χ0n) is 23.1. The van der Waals surface area contributed by atoms with E-state index in [0.29, 0.717) is 11.2 Å². The molecular weight excluding hydrogens is 536 g/mol. The molecule has 4 atom stereocenters. The first kappa shape index (κ1) is 30.2. The van der Waals surface area contributed by atoms with E-state index in [1.165, 1.54) is 18.0 Å². The predicted octanol–water partition coefficient (Wildman–Crippen LogP) is 3.02. The van der Waals surface area contributed by atoms with Gasteiger partial charge < -0.3 is 37.9 Å². The second kappa shape index (κ2) is 12.2. The summed E-state index contributed by atoms with van der Waals surface area (Å²) in [4.78, 5) is 52.5. The monoisotopic (exact) mass is 568 g/mol. The van der Waals surface area contributed by atoms with Crippen LogP contribution in [0.25, 0.3) is 5.52 Å². The number of hydrogen-bond donors (Lipinski definition) is 1. The van der Waals surface area contributed by atoms with E-state index in [2.05, 4.69) is 29.6 Å². The van der Waals surface area contributed by atoms with Gasteiger partial charge in [0.25, 0.3) is 0 Å². The van der Waals surface area contributed by atoms with Gasteiger partial charge >= 0.3 is 24.6 Å². The number of amides is 1. The Kier molecular flexibility index (Phi) is 9.24. The van der Waals surface area contributed by atoms with E-state index in [4.69, 9.17) is 23.7 Å². The maximum absolute atomic E-state index is 12.3. The van der Waals surface area contributed by atoms with Crippen molar-refractivity contribution in [2.24, 2.45) is 5.41 Å². The van der Waals surface area contributed by atoms with Gasteiger partial charge in [0.2, 0.25) is 0 Å². The average Bonchev–Trinajstić information content (AvgIpc) is 3.46. The molecule has 16 nitrogen and oxygen atoms in total. The molecule has 2 aromatic heterocycles. The summed E-state index contributed by atoms with van der Waals surface area (Å²) >= 11 is 0. The number of aromatic nitrogens is 3. The molecule has 0 bridgehead atoms. The minimum absolute atomic E-state index is 0.0863. The lowest BCUT2D eigenvalue weighted by Crippen LogP contribution is -2.45. The van der Waals surface area contributed by atoms with Crippen molar-refractivity contribution < 1.29 is 57.1 Å². The van der Waals surface area contributed by atoms with Crippen LogP contribution < -0.4 is 5.32 Å². The van der Waals surface area contributed by atoms with Gasteiger partial charge in [0.05, 0.1) is 33.6 Å². The van der Waals surface area contributed by atoms with Gasteiger partial charge in [-0.25, -0.2) is 28.7 Å². The van der Waals surface area contributed by atoms with Crippen molar-refractivity contribution in [1.29, 1.82) is 0 Å². The topological polar surface area (TPSA) is 184 Å². The fourth-order valence-corrected chi connectivity index (χ4v) is 3.94. The molecule has 3 heterocycles. The number of anilines is 1. The Hall–Kier alpha value is -4.34. The maximum Gasteiger partial charge on any atom is 0.508 e. The first-order valence-electron chi connectivity index (χ1n) is 12.0. The molecule has 1 aliphatic rings. The van der Waals surface area contributed by atoms with Crippen molar-refractivity contribution in [3.05, 3.63) is 24.2 Å². The van der Waals surface area contributed by atoms with E-state index in [9.17, 15) is 19.2 Å². The highest BCUT2D eigenvalue weighted by molar-refractivity contribution is 5.88. The van der Waals surface area contributed by atoms with Crippen molar-refractivity contribution in [1.82, 2.24) is 14.6 Å². The van der Waals surface area contributed by atoms with E-state index in [1.807, 2.05) is 20.8 Å². The molecule has 1 aliphatic heterocycles. The van der Waals surface area contributed by atoms with Crippen LogP contribution in [0.15, 0.2) is 18.5 Å². The number of rotatable bonds is 7. The highest BCUT2D eigenvalue weighted by Crippen LogP contribution is 2.44. The van der Waals surface area contributed by atoms with E-state index in [1.54, 1.807) is 19.1 Å². The molecule has 0 spiro atoms. The lowest BCUT2D eigenvalue weighted by molar-refractivity contribution is -0.101. The lowest BCUT2D eigenvalue weighted by atomic mass is 9.93. The minimum Gasteiger partial charge on any atom is -0.453 e. The van der Waals surface area contributed by atoms with Gasteiger partial charge in [-0.05, 0) is 24.5 Å². The second-order valence-corrected chi connectivity index (χ2v) is 9.94. The highest BCUT2D eigenvalue weighted by Gasteiger charge is 2.59. The molecule has 1 amide bonds. The minimum atomic E-state index is -1.58. The van der Waals surface area contributed by atoms with Crippen molar-refractivity contribution >= 4 is 35.9 Å². The molecule has 3 rings (SSSR count). The van der Waals surface area contributed by atoms with Crippen LogP contribution in [0.3, 0.4) is 0 Å². The average molecular weight is 569 g/mol. The summed E-state index contributed by atoms with van der Waals surface area (Å²) in [6.07, 6.45) is -6.65. The van der Waals surface area contributed by atoms with Gasteiger partial charge in [-0.15, -0.1) is 0 Å². The quantitative estimate of drug-likeness (QED) is 0.379. The van der Waals surface area contributed by atoms with Crippen LogP contribution in [0.4, 0.5) is 25.0 Å². The molecule has 0 radical (unpaired) electrons. The smallest absolute Gasteiger partial charge is 0.453 e. The van der Waals surface area contributed by atoms with E-state index in [0.717, 1.165) is 14.2 Å². The molecule has 1 fully saturated rings. The van der Waals surface area contributed by atoms with Crippen molar-refractivity contribution in [2.75, 3.05) is 39.9 Å². The van der Waals surface area contributed by atoms with E-state index < -0.39 is 55.1 Å². The SMILES string of the molecule is COC(=O)Nc1ncnn2c([C@]3(C)O[C@H](COC(=O)OCC(C)(C)C)[C@@H](OC(=O)OC)[C@H]3OC(=O)OC)ccc12. The molecule has 0 aliphatic carbocycles. The normalized spacial score (nSPS) is 22.2. The van der Waals surface area contributed by atoms with Gasteiger partial charge in [-0.2, -0.15) is 5.10 Å². The van der Waals surface area contributed by atoms with Gasteiger partial charge in [0.15, 0.2) is 18.0 Å². The summed E-state index contributed by atoms with van der Waals surface area (Å²) in [5.41, 5.74) is -1.26. The Morgan fingerprint density at radius 3 is 2.30 bits per heavy atom. The van der Waals surface area contributed by atoms with Crippen LogP contribution in [0.5, 0.6) is 0 Å². The van der Waals surface area contributed by atoms with Crippen LogP contribution in [-0.2, 0) is 43.5 Å². The predicted molar refractivity (Wildman–Crippen MR) is 133 cm³/mol. The Morgan fingerprint density at radius 2 is 1.68 bits per heavy atom. The number of fused-ring (bicyclic) bond motifs is 1. The zero-order chi connectivity index (χ0) is 29.7. The Balaban J connectivity index is 2.01. The molecule has 1 saturated heterocycles. The largest absolute Gasteiger partial charge is 0.508 e. The number of nitrogens with one attached hydrogen (secondary N) is 1. The van der Waals surface area contributed by atoms with Crippen molar-refractivity contribution in [3.63, 3.8) is 0 Å². The third-order valence-electron chi connectivity index (χ3n) is 5.75. The fourth-order valence-electron chi connectivity index (χ4n) is 3.94. The Bertz CT molecular complexity index is 1240. The zero-order valence-corrected chi connectivity index (χ0v) is 23.1. The first-order chi connectivity index (χ1) is 18.8. The van der Waals surface area contributed by atoms with Gasteiger partial charge in [-0.3, -0.25) is 5.32 Å². The van der Waals surface area contributed by atoms with Crippen LogP contribution in [-0.4, -0.2) is 92.0 Å². The summed E-state index contributed by atoms with van der Waals surface area (Å²) in [5, 5.41) is 6.70. The van der Waals surface area contributed by atoms with Crippen LogP contribution >= 0.6 is 0 Å². The molecule has 0 saturated carbocycles. The molecular formula is C24H32N4O12. The summed E-state index contributed by atoms with van der Waals surface area (Å²) < 4.78 is 42.9. The van der Waals surface area contributed by atoms with Crippen LogP contribution in [0.2, 0.25) is 0 Å². The Labute approximate surface area is 229 Å². The molecule has 1 N–H and O–H groups in total. The third-order valence-corrected chi connectivity index (χ3v) is 5.75.